The molecule has 1 aliphatic rings. The van der Waals surface area contributed by atoms with Crippen LogP contribution in [0.5, 0.6) is 17.5 Å². The molecule has 0 aromatic carbocycles. The van der Waals surface area contributed by atoms with E-state index in [2.05, 4.69) is 25.3 Å². The number of carbonyl (C=O) groups is 1. The zero-order valence-electron chi connectivity index (χ0n) is 16.4. The number of hydrogen-bond donors (Lipinski definition) is 1. The van der Waals surface area contributed by atoms with Crippen LogP contribution < -0.4 is 14.8 Å². The average Bonchev–Trinajstić information content (AvgIpc) is 3.29. The van der Waals surface area contributed by atoms with Gasteiger partial charge in [-0.3, -0.25) is 4.79 Å². The molecular formula is C21H21N5O4. The molecule has 154 valence electrons. The van der Waals surface area contributed by atoms with Gasteiger partial charge in [0, 0.05) is 43.0 Å². The number of pyridine rings is 2. The summed E-state index contributed by atoms with van der Waals surface area (Å²) in [5.41, 5.74) is 1.10. The van der Waals surface area contributed by atoms with Gasteiger partial charge in [-0.05, 0) is 31.5 Å². The molecule has 0 unspecified atom stereocenters. The standard InChI is InChI=1S/C21H21N5O4/c1-2-29-17-4-3-8-22-21(17)30-18-6-5-14(10-23-18)19-24-11-15(12-25-19)20(27)26-16-7-9-28-13-16/h3-6,8,10-12,16H,2,7,9,13H2,1H3,(H,26,27)/t16-/m0/s1. The predicted octanol–water partition coefficient (Wildman–Crippen LogP) is 2.64. The number of amides is 1. The molecule has 1 fully saturated rings. The summed E-state index contributed by atoms with van der Waals surface area (Å²) in [7, 11) is 0. The highest BCUT2D eigenvalue weighted by Crippen LogP contribution is 2.28. The normalized spacial score (nSPS) is 15.6. The summed E-state index contributed by atoms with van der Waals surface area (Å²) in [6.07, 6.45) is 7.04. The van der Waals surface area contributed by atoms with E-state index in [1.807, 2.05) is 6.92 Å². The Morgan fingerprint density at radius 1 is 1.17 bits per heavy atom. The Morgan fingerprint density at radius 2 is 2.03 bits per heavy atom. The topological polar surface area (TPSA) is 108 Å². The Hall–Kier alpha value is -3.59. The maximum atomic E-state index is 12.2. The molecule has 0 saturated carbocycles. The van der Waals surface area contributed by atoms with E-state index < -0.39 is 0 Å². The van der Waals surface area contributed by atoms with Crippen molar-refractivity contribution in [1.29, 1.82) is 0 Å². The van der Waals surface area contributed by atoms with Gasteiger partial charge in [-0.15, -0.1) is 0 Å². The maximum absolute atomic E-state index is 12.2. The van der Waals surface area contributed by atoms with Gasteiger partial charge in [0.2, 0.25) is 5.88 Å². The molecular weight excluding hydrogens is 386 g/mol. The van der Waals surface area contributed by atoms with Crippen molar-refractivity contribution in [2.24, 2.45) is 0 Å². The summed E-state index contributed by atoms with van der Waals surface area (Å²) < 4.78 is 16.5. The molecule has 4 heterocycles. The molecule has 1 saturated heterocycles. The van der Waals surface area contributed by atoms with Crippen LogP contribution in [0.2, 0.25) is 0 Å². The highest BCUT2D eigenvalue weighted by Gasteiger charge is 2.19. The Labute approximate surface area is 173 Å². The van der Waals surface area contributed by atoms with Gasteiger partial charge in [0.15, 0.2) is 11.6 Å². The third-order valence-electron chi connectivity index (χ3n) is 4.41. The number of aromatic nitrogens is 4. The van der Waals surface area contributed by atoms with Gasteiger partial charge < -0.3 is 19.5 Å². The van der Waals surface area contributed by atoms with E-state index in [0.29, 0.717) is 54.3 Å². The number of nitrogens with zero attached hydrogens (tertiary/aromatic N) is 4. The fourth-order valence-corrected chi connectivity index (χ4v) is 2.90. The Morgan fingerprint density at radius 3 is 2.73 bits per heavy atom. The summed E-state index contributed by atoms with van der Waals surface area (Å²) >= 11 is 0. The number of hydrogen-bond acceptors (Lipinski definition) is 8. The monoisotopic (exact) mass is 407 g/mol. The quantitative estimate of drug-likeness (QED) is 0.637. The fraction of sp³-hybridized carbons (Fsp3) is 0.286. The van der Waals surface area contributed by atoms with Crippen molar-refractivity contribution in [3.63, 3.8) is 0 Å². The molecule has 0 aliphatic carbocycles. The first-order valence-corrected chi connectivity index (χ1v) is 9.65. The van der Waals surface area contributed by atoms with E-state index in [4.69, 9.17) is 14.2 Å². The SMILES string of the molecule is CCOc1cccnc1Oc1ccc(-c2ncc(C(=O)N[C@H]3CCOC3)cn2)cn1. The lowest BCUT2D eigenvalue weighted by Gasteiger charge is -2.10. The minimum atomic E-state index is -0.209. The molecule has 3 aromatic rings. The second-order valence-electron chi connectivity index (χ2n) is 6.56. The van der Waals surface area contributed by atoms with Crippen molar-refractivity contribution >= 4 is 5.91 Å². The van der Waals surface area contributed by atoms with Gasteiger partial charge in [-0.2, -0.15) is 0 Å². The third kappa shape index (κ3) is 4.69. The first kappa shape index (κ1) is 19.7. The summed E-state index contributed by atoms with van der Waals surface area (Å²) in [4.78, 5) is 29.3. The lowest BCUT2D eigenvalue weighted by Crippen LogP contribution is -2.35. The maximum Gasteiger partial charge on any atom is 0.263 e. The van der Waals surface area contributed by atoms with Crippen LogP contribution in [0.4, 0.5) is 0 Å². The summed E-state index contributed by atoms with van der Waals surface area (Å²) in [5, 5.41) is 2.91. The van der Waals surface area contributed by atoms with E-state index in [1.165, 1.54) is 12.4 Å². The van der Waals surface area contributed by atoms with Crippen molar-refractivity contribution in [3.05, 3.63) is 54.6 Å². The Kier molecular flexibility index (Phi) is 6.09. The molecule has 30 heavy (non-hydrogen) atoms. The number of ether oxygens (including phenoxy) is 3. The zero-order valence-corrected chi connectivity index (χ0v) is 16.4. The van der Waals surface area contributed by atoms with Gasteiger partial charge in [0.25, 0.3) is 11.8 Å². The van der Waals surface area contributed by atoms with Crippen molar-refractivity contribution < 1.29 is 19.0 Å². The van der Waals surface area contributed by atoms with Gasteiger partial charge in [-0.1, -0.05) is 0 Å². The number of nitrogens with one attached hydrogen (secondary N) is 1. The molecule has 4 rings (SSSR count). The van der Waals surface area contributed by atoms with Crippen LogP contribution in [-0.4, -0.2) is 51.7 Å². The molecule has 9 nitrogen and oxygen atoms in total. The number of rotatable bonds is 7. The summed E-state index contributed by atoms with van der Waals surface area (Å²) in [6.45, 7) is 3.60. The molecule has 0 spiro atoms. The molecule has 3 aromatic heterocycles. The van der Waals surface area contributed by atoms with Gasteiger partial charge in [0.05, 0.1) is 24.8 Å². The highest BCUT2D eigenvalue weighted by atomic mass is 16.5. The minimum Gasteiger partial charge on any atom is -0.488 e. The smallest absolute Gasteiger partial charge is 0.263 e. The van der Waals surface area contributed by atoms with Crippen molar-refractivity contribution in [1.82, 2.24) is 25.3 Å². The first-order chi connectivity index (χ1) is 14.7. The van der Waals surface area contributed by atoms with Crippen molar-refractivity contribution in [2.45, 2.75) is 19.4 Å². The van der Waals surface area contributed by atoms with Crippen molar-refractivity contribution in [3.8, 4) is 28.9 Å². The average molecular weight is 407 g/mol. The van der Waals surface area contributed by atoms with Crippen LogP contribution in [0, 0.1) is 0 Å². The fourth-order valence-electron chi connectivity index (χ4n) is 2.90. The van der Waals surface area contributed by atoms with Crippen LogP contribution in [-0.2, 0) is 4.74 Å². The first-order valence-electron chi connectivity index (χ1n) is 9.65. The second kappa shape index (κ2) is 9.27. The van der Waals surface area contributed by atoms with Crippen LogP contribution in [0.1, 0.15) is 23.7 Å². The van der Waals surface area contributed by atoms with E-state index >= 15 is 0 Å². The highest BCUT2D eigenvalue weighted by molar-refractivity contribution is 5.93. The van der Waals surface area contributed by atoms with E-state index in [0.717, 1.165) is 6.42 Å². The Balaban J connectivity index is 1.42. The van der Waals surface area contributed by atoms with E-state index in [-0.39, 0.29) is 11.9 Å². The van der Waals surface area contributed by atoms with E-state index in [1.54, 1.807) is 36.7 Å². The van der Waals surface area contributed by atoms with Gasteiger partial charge in [0.1, 0.15) is 0 Å². The molecule has 0 bridgehead atoms. The minimum absolute atomic E-state index is 0.0382. The lowest BCUT2D eigenvalue weighted by molar-refractivity contribution is 0.0929. The molecule has 0 radical (unpaired) electrons. The van der Waals surface area contributed by atoms with Gasteiger partial charge >= 0.3 is 0 Å². The third-order valence-corrected chi connectivity index (χ3v) is 4.41. The van der Waals surface area contributed by atoms with Crippen LogP contribution in [0.15, 0.2) is 49.1 Å². The van der Waals surface area contributed by atoms with Crippen LogP contribution in [0.25, 0.3) is 11.4 Å². The van der Waals surface area contributed by atoms with Crippen molar-refractivity contribution in [2.75, 3.05) is 19.8 Å². The predicted molar refractivity (Wildman–Crippen MR) is 107 cm³/mol. The molecule has 9 heteroatoms. The summed E-state index contributed by atoms with van der Waals surface area (Å²) in [5.74, 6) is 1.52. The zero-order chi connectivity index (χ0) is 20.8. The molecule has 1 N–H and O–H groups in total. The molecule has 1 aliphatic heterocycles. The molecule has 1 atom stereocenters. The second-order valence-corrected chi connectivity index (χ2v) is 6.56. The lowest BCUT2D eigenvalue weighted by atomic mass is 10.2. The number of carbonyl (C=O) groups excluding carboxylic acids is 1. The van der Waals surface area contributed by atoms with Crippen LogP contribution in [0.3, 0.4) is 0 Å². The largest absolute Gasteiger partial charge is 0.488 e. The summed E-state index contributed by atoms with van der Waals surface area (Å²) in [6, 6.07) is 7.08. The molecule has 1 amide bonds. The van der Waals surface area contributed by atoms with E-state index in [9.17, 15) is 4.79 Å². The van der Waals surface area contributed by atoms with Gasteiger partial charge in [-0.25, -0.2) is 19.9 Å². The Bertz CT molecular complexity index is 989. The van der Waals surface area contributed by atoms with Crippen LogP contribution >= 0.6 is 0 Å².